The lowest BCUT2D eigenvalue weighted by atomic mass is 10.1. The van der Waals surface area contributed by atoms with Crippen molar-refractivity contribution in [3.63, 3.8) is 0 Å². The van der Waals surface area contributed by atoms with Gasteiger partial charge in [-0.1, -0.05) is 43.7 Å². The summed E-state index contributed by atoms with van der Waals surface area (Å²) in [6, 6.07) is 13.0. The van der Waals surface area contributed by atoms with Crippen LogP contribution in [-0.2, 0) is 0 Å². The highest BCUT2D eigenvalue weighted by atomic mass is 32.1. The molecule has 2 aromatic rings. The summed E-state index contributed by atoms with van der Waals surface area (Å²) in [5.41, 5.74) is 2.64. The Morgan fingerprint density at radius 1 is 0.800 bits per heavy atom. The molecule has 0 unspecified atom stereocenters. The average Bonchev–Trinajstić information content (AvgIpc) is 2.69. The van der Waals surface area contributed by atoms with Gasteiger partial charge in [-0.2, -0.15) is 0 Å². The van der Waals surface area contributed by atoms with Crippen molar-refractivity contribution >= 4 is 11.3 Å². The molecular weight excluding hydrogens is 200 g/mol. The van der Waals surface area contributed by atoms with E-state index in [0.717, 1.165) is 0 Å². The van der Waals surface area contributed by atoms with Crippen LogP contribution in [0.1, 0.15) is 24.3 Å². The third kappa shape index (κ3) is 3.21. The summed E-state index contributed by atoms with van der Waals surface area (Å²) >= 11 is 1.85. The molecule has 2 rings (SSSR count). The van der Waals surface area contributed by atoms with Crippen LogP contribution in [0.4, 0.5) is 0 Å². The van der Waals surface area contributed by atoms with Crippen LogP contribution in [0.2, 0.25) is 0 Å². The highest BCUT2D eigenvalue weighted by Crippen LogP contribution is 2.27. The van der Waals surface area contributed by atoms with Gasteiger partial charge in [0.25, 0.3) is 0 Å². The van der Waals surface area contributed by atoms with Crippen LogP contribution in [-0.4, -0.2) is 0 Å². The van der Waals surface area contributed by atoms with Gasteiger partial charge in [-0.25, -0.2) is 0 Å². The first-order valence-electron chi connectivity index (χ1n) is 5.39. The molecule has 1 aromatic heterocycles. The van der Waals surface area contributed by atoms with Gasteiger partial charge in [-0.05, 0) is 31.5 Å². The quantitative estimate of drug-likeness (QED) is 0.627. The average molecular weight is 218 g/mol. The Morgan fingerprint density at radius 2 is 1.40 bits per heavy atom. The molecule has 0 saturated carbocycles. The molecule has 0 nitrogen and oxygen atoms in total. The molecule has 0 amide bonds. The summed E-state index contributed by atoms with van der Waals surface area (Å²) in [6.07, 6.45) is 0. The number of hydrogen-bond donors (Lipinski definition) is 0. The Bertz CT molecular complexity index is 396. The van der Waals surface area contributed by atoms with E-state index in [1.807, 2.05) is 25.2 Å². The molecule has 0 radical (unpaired) electrons. The van der Waals surface area contributed by atoms with Gasteiger partial charge < -0.3 is 0 Å². The van der Waals surface area contributed by atoms with Gasteiger partial charge in [0.2, 0.25) is 0 Å². The second kappa shape index (κ2) is 5.72. The van der Waals surface area contributed by atoms with Crippen molar-refractivity contribution in [2.45, 2.75) is 27.7 Å². The van der Waals surface area contributed by atoms with E-state index in [4.69, 9.17) is 0 Å². The second-order valence-electron chi connectivity index (χ2n) is 3.28. The minimum atomic E-state index is 1.32. The van der Waals surface area contributed by atoms with Gasteiger partial charge in [0.05, 0.1) is 0 Å². The summed E-state index contributed by atoms with van der Waals surface area (Å²) in [4.78, 5) is 2.73. The van der Waals surface area contributed by atoms with E-state index < -0.39 is 0 Å². The lowest BCUT2D eigenvalue weighted by molar-refractivity contribution is 1.48. The molecule has 0 aliphatic heterocycles. The summed E-state index contributed by atoms with van der Waals surface area (Å²) < 4.78 is 0. The van der Waals surface area contributed by atoms with Crippen LogP contribution in [0.5, 0.6) is 0 Å². The van der Waals surface area contributed by atoms with Crippen LogP contribution in [0, 0.1) is 13.8 Å². The number of rotatable bonds is 1. The lowest BCUT2D eigenvalue weighted by Crippen LogP contribution is -1.72. The molecule has 0 saturated heterocycles. The number of benzene rings is 1. The lowest BCUT2D eigenvalue weighted by Gasteiger charge is -1.97. The van der Waals surface area contributed by atoms with Crippen LogP contribution in [0.3, 0.4) is 0 Å². The maximum absolute atomic E-state index is 2.19. The highest BCUT2D eigenvalue weighted by molar-refractivity contribution is 7.15. The Morgan fingerprint density at radius 3 is 1.87 bits per heavy atom. The summed E-state index contributed by atoms with van der Waals surface area (Å²) in [5.74, 6) is 0. The van der Waals surface area contributed by atoms with Crippen LogP contribution in [0.25, 0.3) is 10.4 Å². The molecule has 1 heterocycles. The SMILES string of the molecule is CC.Cc1ccc(-c2ccc(C)s2)cc1. The van der Waals surface area contributed by atoms with Gasteiger partial charge in [0, 0.05) is 9.75 Å². The molecule has 0 spiro atoms. The van der Waals surface area contributed by atoms with E-state index in [9.17, 15) is 0 Å². The molecule has 0 N–H and O–H groups in total. The fourth-order valence-electron chi connectivity index (χ4n) is 1.31. The first-order chi connectivity index (χ1) is 7.25. The van der Waals surface area contributed by atoms with Crippen molar-refractivity contribution in [2.75, 3.05) is 0 Å². The fourth-order valence-corrected chi connectivity index (χ4v) is 2.18. The van der Waals surface area contributed by atoms with Crippen molar-refractivity contribution < 1.29 is 0 Å². The topological polar surface area (TPSA) is 0 Å². The summed E-state index contributed by atoms with van der Waals surface area (Å²) in [6.45, 7) is 8.26. The smallest absolute Gasteiger partial charge is 0.0345 e. The van der Waals surface area contributed by atoms with Gasteiger partial charge in [0.15, 0.2) is 0 Å². The minimum absolute atomic E-state index is 1.32. The number of hydrogen-bond acceptors (Lipinski definition) is 1. The van der Waals surface area contributed by atoms with Crippen LogP contribution in [0.15, 0.2) is 36.4 Å². The van der Waals surface area contributed by atoms with Gasteiger partial charge in [0.1, 0.15) is 0 Å². The van der Waals surface area contributed by atoms with Crippen molar-refractivity contribution in [3.8, 4) is 10.4 Å². The van der Waals surface area contributed by atoms with E-state index in [0.29, 0.717) is 0 Å². The second-order valence-corrected chi connectivity index (χ2v) is 4.56. The maximum Gasteiger partial charge on any atom is 0.0345 e. The number of thiophene rings is 1. The van der Waals surface area contributed by atoms with E-state index in [1.165, 1.54) is 20.9 Å². The van der Waals surface area contributed by atoms with Crippen molar-refractivity contribution in [1.82, 2.24) is 0 Å². The Hall–Kier alpha value is -1.08. The van der Waals surface area contributed by atoms with Crippen LogP contribution < -0.4 is 0 Å². The first-order valence-corrected chi connectivity index (χ1v) is 6.21. The molecule has 1 heteroatoms. The number of aryl methyl sites for hydroxylation is 2. The summed E-state index contributed by atoms with van der Waals surface area (Å²) in [7, 11) is 0. The maximum atomic E-state index is 2.19. The van der Waals surface area contributed by atoms with E-state index in [2.05, 4.69) is 50.2 Å². The van der Waals surface area contributed by atoms with Gasteiger partial charge >= 0.3 is 0 Å². The predicted octanol–water partition coefficient (Wildman–Crippen LogP) is 5.06. The molecule has 0 aliphatic carbocycles. The normalized spacial score (nSPS) is 9.33. The summed E-state index contributed by atoms with van der Waals surface area (Å²) in [5, 5.41) is 0. The Balaban J connectivity index is 0.000000531. The molecular formula is C14H18S. The third-order valence-electron chi connectivity index (χ3n) is 2.08. The minimum Gasteiger partial charge on any atom is -0.141 e. The Kier molecular flexibility index (Phi) is 4.57. The molecule has 0 fully saturated rings. The van der Waals surface area contributed by atoms with E-state index in [1.54, 1.807) is 0 Å². The molecule has 0 aliphatic rings. The molecule has 0 bridgehead atoms. The largest absolute Gasteiger partial charge is 0.141 e. The van der Waals surface area contributed by atoms with Crippen molar-refractivity contribution in [1.29, 1.82) is 0 Å². The fraction of sp³-hybridized carbons (Fsp3) is 0.286. The Labute approximate surface area is 96.6 Å². The zero-order valence-corrected chi connectivity index (χ0v) is 10.7. The zero-order valence-electron chi connectivity index (χ0n) is 9.87. The van der Waals surface area contributed by atoms with Gasteiger partial charge in [-0.15, -0.1) is 11.3 Å². The first kappa shape index (κ1) is 12.0. The standard InChI is InChI=1S/C12H12S.C2H6/c1-9-3-6-11(7-4-9)12-8-5-10(2)13-12;1-2/h3-8H,1-2H3;1-2H3. The molecule has 80 valence electrons. The predicted molar refractivity (Wildman–Crippen MR) is 70.6 cm³/mol. The molecule has 15 heavy (non-hydrogen) atoms. The van der Waals surface area contributed by atoms with Crippen LogP contribution >= 0.6 is 11.3 Å². The molecule has 0 atom stereocenters. The monoisotopic (exact) mass is 218 g/mol. The van der Waals surface area contributed by atoms with Crippen molar-refractivity contribution in [2.24, 2.45) is 0 Å². The van der Waals surface area contributed by atoms with Crippen molar-refractivity contribution in [3.05, 3.63) is 46.8 Å². The van der Waals surface area contributed by atoms with Gasteiger partial charge in [-0.3, -0.25) is 0 Å². The van der Waals surface area contributed by atoms with E-state index in [-0.39, 0.29) is 0 Å². The zero-order chi connectivity index (χ0) is 11.3. The third-order valence-corrected chi connectivity index (χ3v) is 3.13. The van der Waals surface area contributed by atoms with E-state index >= 15 is 0 Å². The molecule has 1 aromatic carbocycles. The highest BCUT2D eigenvalue weighted by Gasteiger charge is 1.98.